The van der Waals surface area contributed by atoms with E-state index < -0.39 is 0 Å². The molecular formula is C14H9BrCl2N2OS. The zero-order valence-electron chi connectivity index (χ0n) is 10.5. The Morgan fingerprint density at radius 2 is 1.90 bits per heavy atom. The number of halogens is 3. The van der Waals surface area contributed by atoms with Gasteiger partial charge >= 0.3 is 0 Å². The molecule has 0 aliphatic rings. The Balaban J connectivity index is 2.05. The van der Waals surface area contributed by atoms with E-state index in [-0.39, 0.29) is 11.0 Å². The standard InChI is InChI=1S/C14H9BrCl2N2OS/c15-9-3-1-2-8(6-9)13(20)19-14(21)18-12-7-10(16)4-5-11(12)17/h1-7H,(H2,18,19,20,21). The van der Waals surface area contributed by atoms with Gasteiger partial charge in [0.05, 0.1) is 10.7 Å². The van der Waals surface area contributed by atoms with E-state index >= 15 is 0 Å². The summed E-state index contributed by atoms with van der Waals surface area (Å²) in [5.74, 6) is -0.313. The second-order valence-electron chi connectivity index (χ2n) is 4.04. The van der Waals surface area contributed by atoms with E-state index in [1.807, 2.05) is 6.07 Å². The zero-order chi connectivity index (χ0) is 15.4. The number of thiocarbonyl (C=S) groups is 1. The van der Waals surface area contributed by atoms with Crippen molar-refractivity contribution in [2.75, 3.05) is 5.32 Å². The van der Waals surface area contributed by atoms with Crippen molar-refractivity contribution in [2.45, 2.75) is 0 Å². The van der Waals surface area contributed by atoms with Gasteiger partial charge in [-0.05, 0) is 48.6 Å². The van der Waals surface area contributed by atoms with Gasteiger partial charge in [0.2, 0.25) is 0 Å². The Labute approximate surface area is 145 Å². The Morgan fingerprint density at radius 1 is 1.14 bits per heavy atom. The molecule has 108 valence electrons. The van der Waals surface area contributed by atoms with Gasteiger partial charge in [-0.1, -0.05) is 45.2 Å². The minimum absolute atomic E-state index is 0.143. The van der Waals surface area contributed by atoms with Gasteiger partial charge in [0, 0.05) is 15.1 Å². The van der Waals surface area contributed by atoms with E-state index in [1.165, 1.54) is 0 Å². The highest BCUT2D eigenvalue weighted by molar-refractivity contribution is 9.10. The van der Waals surface area contributed by atoms with Crippen molar-refractivity contribution >= 4 is 68.1 Å². The molecule has 0 unspecified atom stereocenters. The lowest BCUT2D eigenvalue weighted by molar-refractivity contribution is 0.0977. The van der Waals surface area contributed by atoms with Crippen LogP contribution in [0.2, 0.25) is 10.0 Å². The average Bonchev–Trinajstić information content (AvgIpc) is 2.42. The Bertz CT molecular complexity index is 709. The molecule has 0 fully saturated rings. The highest BCUT2D eigenvalue weighted by Crippen LogP contribution is 2.25. The van der Waals surface area contributed by atoms with Gasteiger partial charge in [-0.2, -0.15) is 0 Å². The summed E-state index contributed by atoms with van der Waals surface area (Å²) >= 11 is 20.3. The molecule has 0 aliphatic heterocycles. The third-order valence-corrected chi connectivity index (χ3v) is 3.75. The Morgan fingerprint density at radius 3 is 2.62 bits per heavy atom. The number of amides is 1. The van der Waals surface area contributed by atoms with Gasteiger partial charge in [-0.3, -0.25) is 10.1 Å². The van der Waals surface area contributed by atoms with Crippen molar-refractivity contribution in [3.63, 3.8) is 0 Å². The first-order valence-corrected chi connectivity index (χ1v) is 7.74. The fourth-order valence-corrected chi connectivity index (χ4v) is 2.49. The predicted molar refractivity (Wildman–Crippen MR) is 94.3 cm³/mol. The summed E-state index contributed by atoms with van der Waals surface area (Å²) in [5.41, 5.74) is 1.02. The first-order valence-electron chi connectivity index (χ1n) is 5.78. The molecule has 21 heavy (non-hydrogen) atoms. The second-order valence-corrected chi connectivity index (χ2v) is 6.21. The van der Waals surface area contributed by atoms with Crippen LogP contribution in [0.15, 0.2) is 46.9 Å². The predicted octanol–water partition coefficient (Wildman–Crippen LogP) is 4.88. The van der Waals surface area contributed by atoms with Crippen molar-refractivity contribution in [3.8, 4) is 0 Å². The van der Waals surface area contributed by atoms with Gasteiger partial charge in [-0.15, -0.1) is 0 Å². The molecule has 0 spiro atoms. The zero-order valence-corrected chi connectivity index (χ0v) is 14.4. The maximum Gasteiger partial charge on any atom is 0.257 e. The number of anilines is 1. The third kappa shape index (κ3) is 4.68. The Hall–Kier alpha value is -1.14. The van der Waals surface area contributed by atoms with Crippen LogP contribution in [-0.2, 0) is 0 Å². The number of hydrogen-bond donors (Lipinski definition) is 2. The molecule has 0 heterocycles. The van der Waals surface area contributed by atoms with Crippen LogP contribution in [0.3, 0.4) is 0 Å². The second kappa shape index (κ2) is 7.22. The first kappa shape index (κ1) is 16.2. The summed E-state index contributed by atoms with van der Waals surface area (Å²) in [4.78, 5) is 12.0. The molecule has 0 aromatic heterocycles. The number of carbonyl (C=O) groups excluding carboxylic acids is 1. The minimum atomic E-state index is -0.313. The number of hydrogen-bond acceptors (Lipinski definition) is 2. The van der Waals surface area contributed by atoms with Gasteiger partial charge in [0.15, 0.2) is 5.11 Å². The largest absolute Gasteiger partial charge is 0.331 e. The average molecular weight is 404 g/mol. The number of benzene rings is 2. The maximum atomic E-state index is 12.0. The molecule has 2 aromatic carbocycles. The van der Waals surface area contributed by atoms with Crippen LogP contribution in [-0.4, -0.2) is 11.0 Å². The molecule has 0 saturated heterocycles. The minimum Gasteiger partial charge on any atom is -0.331 e. The van der Waals surface area contributed by atoms with Crippen LogP contribution in [0.4, 0.5) is 5.69 Å². The fourth-order valence-electron chi connectivity index (χ4n) is 1.55. The molecule has 3 nitrogen and oxygen atoms in total. The lowest BCUT2D eigenvalue weighted by atomic mass is 10.2. The molecule has 0 bridgehead atoms. The fraction of sp³-hybridized carbons (Fsp3) is 0. The molecule has 7 heteroatoms. The molecule has 0 atom stereocenters. The van der Waals surface area contributed by atoms with Crippen LogP contribution < -0.4 is 10.6 Å². The van der Waals surface area contributed by atoms with Gasteiger partial charge < -0.3 is 5.32 Å². The summed E-state index contributed by atoms with van der Waals surface area (Å²) in [6.07, 6.45) is 0. The van der Waals surface area contributed by atoms with Crippen LogP contribution in [0, 0.1) is 0 Å². The van der Waals surface area contributed by atoms with E-state index in [0.29, 0.717) is 21.3 Å². The van der Waals surface area contributed by atoms with E-state index in [2.05, 4.69) is 26.6 Å². The molecule has 2 aromatic rings. The summed E-state index contributed by atoms with van der Waals surface area (Å²) in [6.45, 7) is 0. The third-order valence-electron chi connectivity index (χ3n) is 2.49. The summed E-state index contributed by atoms with van der Waals surface area (Å²) in [7, 11) is 0. The molecule has 0 saturated carbocycles. The van der Waals surface area contributed by atoms with Crippen molar-refractivity contribution in [1.29, 1.82) is 0 Å². The van der Waals surface area contributed by atoms with Crippen LogP contribution >= 0.6 is 51.3 Å². The van der Waals surface area contributed by atoms with E-state index in [0.717, 1.165) is 4.47 Å². The summed E-state index contributed by atoms with van der Waals surface area (Å²) < 4.78 is 0.812. The normalized spacial score (nSPS) is 10.0. The lowest BCUT2D eigenvalue weighted by Crippen LogP contribution is -2.34. The topological polar surface area (TPSA) is 41.1 Å². The van der Waals surface area contributed by atoms with Crippen LogP contribution in [0.25, 0.3) is 0 Å². The summed E-state index contributed by atoms with van der Waals surface area (Å²) in [5, 5.41) is 6.53. The number of rotatable bonds is 2. The lowest BCUT2D eigenvalue weighted by Gasteiger charge is -2.11. The molecule has 2 rings (SSSR count). The monoisotopic (exact) mass is 402 g/mol. The molecular weight excluding hydrogens is 395 g/mol. The number of nitrogens with one attached hydrogen (secondary N) is 2. The van der Waals surface area contributed by atoms with E-state index in [1.54, 1.807) is 36.4 Å². The first-order chi connectivity index (χ1) is 9.95. The van der Waals surface area contributed by atoms with Gasteiger partial charge in [0.25, 0.3) is 5.91 Å². The Kier molecular flexibility index (Phi) is 5.58. The maximum absolute atomic E-state index is 12.0. The molecule has 0 radical (unpaired) electrons. The van der Waals surface area contributed by atoms with Gasteiger partial charge in [0.1, 0.15) is 0 Å². The molecule has 2 N–H and O–H groups in total. The molecule has 1 amide bonds. The summed E-state index contributed by atoms with van der Waals surface area (Å²) in [6, 6.07) is 11.9. The smallest absolute Gasteiger partial charge is 0.257 e. The quantitative estimate of drug-likeness (QED) is 0.702. The number of carbonyl (C=O) groups is 1. The molecule has 0 aliphatic carbocycles. The van der Waals surface area contributed by atoms with Crippen molar-refractivity contribution in [1.82, 2.24) is 5.32 Å². The van der Waals surface area contributed by atoms with Crippen LogP contribution in [0.5, 0.6) is 0 Å². The SMILES string of the molecule is O=C(NC(=S)Nc1cc(Cl)ccc1Cl)c1cccc(Br)c1. The van der Waals surface area contributed by atoms with Crippen molar-refractivity contribution in [3.05, 3.63) is 62.5 Å². The van der Waals surface area contributed by atoms with Crippen molar-refractivity contribution in [2.24, 2.45) is 0 Å². The highest BCUT2D eigenvalue weighted by atomic mass is 79.9. The van der Waals surface area contributed by atoms with Gasteiger partial charge in [-0.25, -0.2) is 0 Å². The van der Waals surface area contributed by atoms with E-state index in [4.69, 9.17) is 35.4 Å². The van der Waals surface area contributed by atoms with Crippen LogP contribution in [0.1, 0.15) is 10.4 Å². The van der Waals surface area contributed by atoms with Crippen molar-refractivity contribution < 1.29 is 4.79 Å². The van der Waals surface area contributed by atoms with E-state index in [9.17, 15) is 4.79 Å². The highest BCUT2D eigenvalue weighted by Gasteiger charge is 2.09.